The summed E-state index contributed by atoms with van der Waals surface area (Å²) in [6.07, 6.45) is 3.15. The molecule has 0 aliphatic heterocycles. The predicted octanol–water partition coefficient (Wildman–Crippen LogP) is 4.09. The zero-order chi connectivity index (χ0) is 11.3. The van der Waals surface area contributed by atoms with Crippen molar-refractivity contribution >= 4 is 23.2 Å². The van der Waals surface area contributed by atoms with Crippen molar-refractivity contribution < 1.29 is 5.11 Å². The third kappa shape index (κ3) is 4.02. The van der Waals surface area contributed by atoms with E-state index in [4.69, 9.17) is 23.2 Å². The summed E-state index contributed by atoms with van der Waals surface area (Å²) in [4.78, 5) is 0. The third-order valence-electron chi connectivity index (χ3n) is 2.50. The number of aliphatic hydroxyl groups excluding tert-OH is 1. The van der Waals surface area contributed by atoms with Gasteiger partial charge in [-0.05, 0) is 43.4 Å². The first kappa shape index (κ1) is 12.8. The fourth-order valence-corrected chi connectivity index (χ4v) is 2.08. The largest absolute Gasteiger partial charge is 0.393 e. The highest BCUT2D eigenvalue weighted by Crippen LogP contribution is 2.26. The number of aliphatic hydroxyl groups is 1. The van der Waals surface area contributed by atoms with Gasteiger partial charge in [-0.15, -0.1) is 0 Å². The molecule has 0 saturated heterocycles. The monoisotopic (exact) mass is 246 g/mol. The summed E-state index contributed by atoms with van der Waals surface area (Å²) in [5.41, 5.74) is 0.990. The molecular formula is C12H16Cl2O. The molecule has 1 nitrogen and oxygen atoms in total. The Balaban J connectivity index is 2.50. The molecule has 84 valence electrons. The van der Waals surface area contributed by atoms with Crippen LogP contribution in [0.1, 0.15) is 31.7 Å². The van der Waals surface area contributed by atoms with Gasteiger partial charge in [-0.1, -0.05) is 36.2 Å². The summed E-state index contributed by atoms with van der Waals surface area (Å²) in [5.74, 6) is 0. The molecule has 0 aliphatic carbocycles. The third-order valence-corrected chi connectivity index (χ3v) is 3.21. The molecule has 0 fully saturated rings. The number of hydrogen-bond donors (Lipinski definition) is 1. The Morgan fingerprint density at radius 1 is 1.27 bits per heavy atom. The quantitative estimate of drug-likeness (QED) is 0.830. The molecule has 3 heteroatoms. The van der Waals surface area contributed by atoms with Gasteiger partial charge in [-0.3, -0.25) is 0 Å². The van der Waals surface area contributed by atoms with Crippen LogP contribution in [0.4, 0.5) is 0 Å². The molecular weight excluding hydrogens is 231 g/mol. The first-order chi connectivity index (χ1) is 7.15. The van der Waals surface area contributed by atoms with Gasteiger partial charge in [0.25, 0.3) is 0 Å². The molecule has 1 atom stereocenters. The number of halogens is 2. The zero-order valence-corrected chi connectivity index (χ0v) is 10.4. The van der Waals surface area contributed by atoms with Crippen molar-refractivity contribution in [1.29, 1.82) is 0 Å². The summed E-state index contributed by atoms with van der Waals surface area (Å²) in [5, 5.41) is 10.8. The minimum Gasteiger partial charge on any atom is -0.393 e. The summed E-state index contributed by atoms with van der Waals surface area (Å²) in [6, 6.07) is 5.53. The SMILES string of the molecule is CCC(O)CCCc1c(Cl)cccc1Cl. The minimum atomic E-state index is -0.203. The zero-order valence-electron chi connectivity index (χ0n) is 8.84. The molecule has 0 bridgehead atoms. The standard InChI is InChI=1S/C12H16Cl2O/c1-2-9(15)5-3-6-10-11(13)7-4-8-12(10)14/h4,7-9,15H,2-3,5-6H2,1H3. The van der Waals surface area contributed by atoms with Crippen molar-refractivity contribution in [2.75, 3.05) is 0 Å². The van der Waals surface area contributed by atoms with Gasteiger partial charge < -0.3 is 5.11 Å². The summed E-state index contributed by atoms with van der Waals surface area (Å²) < 4.78 is 0. The highest BCUT2D eigenvalue weighted by molar-refractivity contribution is 6.35. The molecule has 0 aromatic heterocycles. The maximum atomic E-state index is 9.41. The summed E-state index contributed by atoms with van der Waals surface area (Å²) in [6.45, 7) is 1.98. The van der Waals surface area contributed by atoms with Crippen molar-refractivity contribution in [2.24, 2.45) is 0 Å². The fraction of sp³-hybridized carbons (Fsp3) is 0.500. The second kappa shape index (κ2) is 6.37. The molecule has 0 aliphatic rings. The van der Waals surface area contributed by atoms with E-state index >= 15 is 0 Å². The summed E-state index contributed by atoms with van der Waals surface area (Å²) >= 11 is 12.1. The smallest absolute Gasteiger partial charge is 0.0537 e. The highest BCUT2D eigenvalue weighted by Gasteiger charge is 2.06. The van der Waals surface area contributed by atoms with E-state index in [1.54, 1.807) is 0 Å². The van der Waals surface area contributed by atoms with Crippen molar-refractivity contribution in [3.63, 3.8) is 0 Å². The number of rotatable bonds is 5. The van der Waals surface area contributed by atoms with E-state index in [-0.39, 0.29) is 6.10 Å². The van der Waals surface area contributed by atoms with Crippen LogP contribution in [0.2, 0.25) is 10.0 Å². The average Bonchev–Trinajstić information content (AvgIpc) is 2.22. The Labute approximate surface area is 101 Å². The topological polar surface area (TPSA) is 20.2 Å². The molecule has 0 amide bonds. The molecule has 15 heavy (non-hydrogen) atoms. The first-order valence-corrected chi connectivity index (χ1v) is 6.01. The van der Waals surface area contributed by atoms with E-state index in [2.05, 4.69) is 0 Å². The lowest BCUT2D eigenvalue weighted by atomic mass is 10.0. The van der Waals surface area contributed by atoms with E-state index in [0.717, 1.165) is 31.2 Å². The van der Waals surface area contributed by atoms with Crippen LogP contribution < -0.4 is 0 Å². The molecule has 0 spiro atoms. The lowest BCUT2D eigenvalue weighted by Gasteiger charge is -2.09. The lowest BCUT2D eigenvalue weighted by Crippen LogP contribution is -2.04. The van der Waals surface area contributed by atoms with Gasteiger partial charge in [0.15, 0.2) is 0 Å². The van der Waals surface area contributed by atoms with E-state index in [1.165, 1.54) is 0 Å². The van der Waals surface area contributed by atoms with Crippen LogP contribution in [0.3, 0.4) is 0 Å². The Bertz CT molecular complexity index is 292. The highest BCUT2D eigenvalue weighted by atomic mass is 35.5. The van der Waals surface area contributed by atoms with E-state index in [9.17, 15) is 5.11 Å². The maximum absolute atomic E-state index is 9.41. The molecule has 0 heterocycles. The van der Waals surface area contributed by atoms with Crippen molar-refractivity contribution in [3.8, 4) is 0 Å². The Hall–Kier alpha value is -0.240. The first-order valence-electron chi connectivity index (χ1n) is 5.26. The second-order valence-corrected chi connectivity index (χ2v) is 4.47. The van der Waals surface area contributed by atoms with Gasteiger partial charge >= 0.3 is 0 Å². The molecule has 1 N–H and O–H groups in total. The van der Waals surface area contributed by atoms with Crippen LogP contribution in [-0.4, -0.2) is 11.2 Å². The normalized spacial score (nSPS) is 12.8. The minimum absolute atomic E-state index is 0.203. The van der Waals surface area contributed by atoms with E-state index in [0.29, 0.717) is 10.0 Å². The molecule has 1 aromatic carbocycles. The van der Waals surface area contributed by atoms with Crippen molar-refractivity contribution in [3.05, 3.63) is 33.8 Å². The second-order valence-electron chi connectivity index (χ2n) is 3.65. The van der Waals surface area contributed by atoms with Crippen LogP contribution in [0.25, 0.3) is 0 Å². The van der Waals surface area contributed by atoms with Crippen LogP contribution in [0.15, 0.2) is 18.2 Å². The molecule has 0 radical (unpaired) electrons. The molecule has 1 unspecified atom stereocenters. The van der Waals surface area contributed by atoms with Crippen LogP contribution in [0, 0.1) is 0 Å². The Morgan fingerprint density at radius 2 is 1.87 bits per heavy atom. The molecule has 1 rings (SSSR count). The van der Waals surface area contributed by atoms with E-state index < -0.39 is 0 Å². The fourth-order valence-electron chi connectivity index (χ4n) is 1.49. The van der Waals surface area contributed by atoms with Gasteiger partial charge in [0, 0.05) is 10.0 Å². The summed E-state index contributed by atoms with van der Waals surface area (Å²) in [7, 11) is 0. The maximum Gasteiger partial charge on any atom is 0.0537 e. The van der Waals surface area contributed by atoms with Gasteiger partial charge in [-0.25, -0.2) is 0 Å². The van der Waals surface area contributed by atoms with Gasteiger partial charge in [-0.2, -0.15) is 0 Å². The van der Waals surface area contributed by atoms with Gasteiger partial charge in [0.05, 0.1) is 6.10 Å². The number of hydrogen-bond acceptors (Lipinski definition) is 1. The van der Waals surface area contributed by atoms with Crippen LogP contribution >= 0.6 is 23.2 Å². The van der Waals surface area contributed by atoms with Gasteiger partial charge in [0.1, 0.15) is 0 Å². The number of benzene rings is 1. The Kier molecular flexibility index (Phi) is 5.44. The van der Waals surface area contributed by atoms with Crippen LogP contribution in [-0.2, 0) is 6.42 Å². The predicted molar refractivity (Wildman–Crippen MR) is 65.7 cm³/mol. The van der Waals surface area contributed by atoms with Crippen LogP contribution in [0.5, 0.6) is 0 Å². The van der Waals surface area contributed by atoms with Crippen molar-refractivity contribution in [1.82, 2.24) is 0 Å². The molecule has 1 aromatic rings. The van der Waals surface area contributed by atoms with Crippen molar-refractivity contribution in [2.45, 2.75) is 38.7 Å². The Morgan fingerprint density at radius 3 is 2.40 bits per heavy atom. The molecule has 0 saturated carbocycles. The average molecular weight is 247 g/mol. The lowest BCUT2D eigenvalue weighted by molar-refractivity contribution is 0.158. The van der Waals surface area contributed by atoms with Gasteiger partial charge in [0.2, 0.25) is 0 Å². The van der Waals surface area contributed by atoms with E-state index in [1.807, 2.05) is 25.1 Å².